The first kappa shape index (κ1) is 11.7. The average molecular weight is 237 g/mol. The third-order valence-corrected chi connectivity index (χ3v) is 2.44. The topological polar surface area (TPSA) is 59.0 Å². The highest BCUT2D eigenvalue weighted by Gasteiger charge is 2.22. The summed E-state index contributed by atoms with van der Waals surface area (Å²) in [5.74, 6) is 0.467. The second-order valence-corrected chi connectivity index (χ2v) is 4.15. The second kappa shape index (κ2) is 4.63. The van der Waals surface area contributed by atoms with E-state index in [1.54, 1.807) is 31.1 Å². The summed E-state index contributed by atoms with van der Waals surface area (Å²) in [6.07, 6.45) is 0. The number of carbonyl (C=O) groups excluding carboxylic acids is 1. The highest BCUT2D eigenvalue weighted by Crippen LogP contribution is 2.40. The fourth-order valence-corrected chi connectivity index (χ4v) is 1.70. The number of phenols is 1. The van der Waals surface area contributed by atoms with E-state index in [1.807, 2.05) is 0 Å². The summed E-state index contributed by atoms with van der Waals surface area (Å²) in [5, 5.41) is 9.97. The monoisotopic (exact) mass is 237 g/mol. The van der Waals surface area contributed by atoms with Crippen molar-refractivity contribution in [3.8, 4) is 17.2 Å². The Morgan fingerprint density at radius 2 is 2.06 bits per heavy atom. The Bertz CT molecular complexity index is 442. The van der Waals surface area contributed by atoms with Gasteiger partial charge in [-0.1, -0.05) is 0 Å². The molecule has 0 saturated heterocycles. The first-order valence-electron chi connectivity index (χ1n) is 5.39. The smallest absolute Gasteiger partial charge is 0.204 e. The van der Waals surface area contributed by atoms with Crippen LogP contribution in [0.15, 0.2) is 12.1 Å². The Morgan fingerprint density at radius 3 is 2.76 bits per heavy atom. The number of hydrogen-bond acceptors (Lipinski definition) is 5. The van der Waals surface area contributed by atoms with Crippen LogP contribution in [0.4, 0.5) is 0 Å². The van der Waals surface area contributed by atoms with E-state index in [9.17, 15) is 9.90 Å². The minimum absolute atomic E-state index is 0.131. The molecule has 0 aliphatic carbocycles. The number of nitrogens with zero attached hydrogens (tertiary/aromatic N) is 1. The van der Waals surface area contributed by atoms with Crippen LogP contribution < -0.4 is 9.47 Å². The van der Waals surface area contributed by atoms with E-state index in [4.69, 9.17) is 9.47 Å². The number of rotatable bonds is 3. The van der Waals surface area contributed by atoms with E-state index in [-0.39, 0.29) is 29.4 Å². The van der Waals surface area contributed by atoms with Crippen LogP contribution in [-0.2, 0) is 0 Å². The fraction of sp³-hybridized carbons (Fsp3) is 0.417. The molecule has 0 aromatic heterocycles. The number of phenolic OH excluding ortho intramolecular Hbond substituents is 1. The zero-order valence-corrected chi connectivity index (χ0v) is 9.90. The molecule has 0 saturated carbocycles. The lowest BCUT2D eigenvalue weighted by molar-refractivity contribution is 0.0953. The van der Waals surface area contributed by atoms with Crippen LogP contribution in [0.1, 0.15) is 10.4 Å². The number of likely N-dealkylation sites (N-methyl/N-ethyl adjacent to an activating group) is 1. The molecule has 1 aromatic carbocycles. The molecule has 92 valence electrons. The summed E-state index contributed by atoms with van der Waals surface area (Å²) in [7, 11) is 3.60. The van der Waals surface area contributed by atoms with Crippen LogP contribution in [-0.4, -0.2) is 49.6 Å². The van der Waals surface area contributed by atoms with Crippen LogP contribution in [0.5, 0.6) is 17.2 Å². The molecule has 1 heterocycles. The first-order chi connectivity index (χ1) is 8.09. The number of benzene rings is 1. The fourth-order valence-electron chi connectivity index (χ4n) is 1.70. The summed E-state index contributed by atoms with van der Waals surface area (Å²) in [5.41, 5.74) is 0.267. The zero-order chi connectivity index (χ0) is 12.4. The van der Waals surface area contributed by atoms with Crippen molar-refractivity contribution in [2.24, 2.45) is 0 Å². The molecule has 5 heteroatoms. The molecule has 1 N–H and O–H groups in total. The number of ketones is 1. The molecule has 0 bridgehead atoms. The van der Waals surface area contributed by atoms with Gasteiger partial charge in [-0.25, -0.2) is 0 Å². The van der Waals surface area contributed by atoms with Crippen LogP contribution in [0, 0.1) is 0 Å². The van der Waals surface area contributed by atoms with Crippen molar-refractivity contribution in [1.82, 2.24) is 4.90 Å². The van der Waals surface area contributed by atoms with Crippen molar-refractivity contribution in [2.75, 3.05) is 33.9 Å². The molecule has 0 radical (unpaired) electrons. The van der Waals surface area contributed by atoms with Crippen LogP contribution in [0.3, 0.4) is 0 Å². The quantitative estimate of drug-likeness (QED) is 0.792. The SMILES string of the molecule is CN(C)CC(=O)c1ccc2c(c1O)OCCO2. The van der Waals surface area contributed by atoms with Gasteiger partial charge in [0.15, 0.2) is 17.3 Å². The molecule has 0 unspecified atom stereocenters. The molecule has 0 amide bonds. The summed E-state index contributed by atoms with van der Waals surface area (Å²) in [6, 6.07) is 3.21. The highest BCUT2D eigenvalue weighted by atomic mass is 16.6. The maximum absolute atomic E-state index is 11.9. The zero-order valence-electron chi connectivity index (χ0n) is 9.90. The van der Waals surface area contributed by atoms with Crippen molar-refractivity contribution in [2.45, 2.75) is 0 Å². The van der Waals surface area contributed by atoms with E-state index in [1.165, 1.54) is 0 Å². The lowest BCUT2D eigenvalue weighted by Gasteiger charge is -2.20. The van der Waals surface area contributed by atoms with Crippen LogP contribution >= 0.6 is 0 Å². The molecule has 0 fully saturated rings. The van der Waals surface area contributed by atoms with Gasteiger partial charge in [0.05, 0.1) is 12.1 Å². The second-order valence-electron chi connectivity index (χ2n) is 4.15. The van der Waals surface area contributed by atoms with Gasteiger partial charge in [0.1, 0.15) is 13.2 Å². The molecule has 5 nitrogen and oxygen atoms in total. The van der Waals surface area contributed by atoms with Gasteiger partial charge in [0.2, 0.25) is 5.75 Å². The Morgan fingerprint density at radius 1 is 1.35 bits per heavy atom. The summed E-state index contributed by atoms with van der Waals surface area (Å²) < 4.78 is 10.6. The van der Waals surface area contributed by atoms with Crippen molar-refractivity contribution in [3.05, 3.63) is 17.7 Å². The minimum Gasteiger partial charge on any atom is -0.504 e. The van der Waals surface area contributed by atoms with Crippen LogP contribution in [0.25, 0.3) is 0 Å². The van der Waals surface area contributed by atoms with Crippen molar-refractivity contribution in [1.29, 1.82) is 0 Å². The van der Waals surface area contributed by atoms with Gasteiger partial charge >= 0.3 is 0 Å². The Hall–Kier alpha value is -1.75. The third kappa shape index (κ3) is 2.34. The summed E-state index contributed by atoms with van der Waals surface area (Å²) in [6.45, 7) is 1.08. The van der Waals surface area contributed by atoms with Gasteiger partial charge in [-0.05, 0) is 26.2 Å². The molecule has 1 aliphatic rings. The number of carbonyl (C=O) groups is 1. The van der Waals surface area contributed by atoms with Gasteiger partial charge in [-0.15, -0.1) is 0 Å². The lowest BCUT2D eigenvalue weighted by atomic mass is 10.1. The van der Waals surface area contributed by atoms with Crippen molar-refractivity contribution < 1.29 is 19.4 Å². The number of hydrogen-bond donors (Lipinski definition) is 1. The van der Waals surface area contributed by atoms with Gasteiger partial charge < -0.3 is 19.5 Å². The maximum atomic E-state index is 11.9. The highest BCUT2D eigenvalue weighted by molar-refractivity contribution is 6.01. The normalized spacial score (nSPS) is 13.8. The molecular weight excluding hydrogens is 222 g/mol. The van der Waals surface area contributed by atoms with Crippen molar-refractivity contribution >= 4 is 5.78 Å². The molecule has 1 aliphatic heterocycles. The summed E-state index contributed by atoms with van der Waals surface area (Å²) in [4.78, 5) is 13.6. The van der Waals surface area contributed by atoms with Gasteiger partial charge in [-0.2, -0.15) is 0 Å². The molecule has 1 aromatic rings. The molecule has 0 spiro atoms. The van der Waals surface area contributed by atoms with E-state index in [0.29, 0.717) is 19.0 Å². The molecule has 2 rings (SSSR count). The summed E-state index contributed by atoms with van der Waals surface area (Å²) >= 11 is 0. The number of Topliss-reactive ketones (excluding diaryl/α,β-unsaturated/α-hetero) is 1. The van der Waals surface area contributed by atoms with E-state index in [2.05, 4.69) is 0 Å². The largest absolute Gasteiger partial charge is 0.504 e. The molecule has 0 atom stereocenters. The van der Waals surface area contributed by atoms with Crippen molar-refractivity contribution in [3.63, 3.8) is 0 Å². The first-order valence-corrected chi connectivity index (χ1v) is 5.39. The number of aromatic hydroxyl groups is 1. The number of ether oxygens (including phenoxy) is 2. The van der Waals surface area contributed by atoms with Crippen LogP contribution in [0.2, 0.25) is 0 Å². The Kier molecular flexibility index (Phi) is 3.19. The van der Waals surface area contributed by atoms with Gasteiger partial charge in [0.25, 0.3) is 0 Å². The predicted molar refractivity (Wildman–Crippen MR) is 62.0 cm³/mol. The van der Waals surface area contributed by atoms with E-state index in [0.717, 1.165) is 0 Å². The molecular formula is C12H15NO4. The Balaban J connectivity index is 2.33. The van der Waals surface area contributed by atoms with Gasteiger partial charge in [-0.3, -0.25) is 4.79 Å². The van der Waals surface area contributed by atoms with Gasteiger partial charge in [0, 0.05) is 0 Å². The number of fused-ring (bicyclic) bond motifs is 1. The maximum Gasteiger partial charge on any atom is 0.204 e. The predicted octanol–water partition coefficient (Wildman–Crippen LogP) is 0.908. The standard InChI is InChI=1S/C12H15NO4/c1-13(2)7-9(14)8-3-4-10-12(11(8)15)17-6-5-16-10/h3-4,15H,5-7H2,1-2H3. The third-order valence-electron chi connectivity index (χ3n) is 2.44. The van der Waals surface area contributed by atoms with E-state index < -0.39 is 0 Å². The molecule has 17 heavy (non-hydrogen) atoms. The average Bonchev–Trinajstić information content (AvgIpc) is 2.28. The minimum atomic E-state index is -0.149. The Labute approximate surface area is 99.6 Å². The van der Waals surface area contributed by atoms with E-state index >= 15 is 0 Å². The lowest BCUT2D eigenvalue weighted by Crippen LogP contribution is -2.22.